The van der Waals surface area contributed by atoms with E-state index in [1.165, 1.54) is 15.3 Å². The van der Waals surface area contributed by atoms with Crippen LogP contribution in [0.2, 0.25) is 0 Å². The smallest absolute Gasteiger partial charge is 0.252 e. The lowest BCUT2D eigenvalue weighted by Crippen LogP contribution is -2.27. The van der Waals surface area contributed by atoms with Crippen molar-refractivity contribution < 1.29 is 4.79 Å². The average molecular weight is 302 g/mol. The third-order valence-electron chi connectivity index (χ3n) is 3.75. The summed E-state index contributed by atoms with van der Waals surface area (Å²) in [5, 5.41) is 3.07. The van der Waals surface area contributed by atoms with Gasteiger partial charge in [-0.3, -0.25) is 4.79 Å². The Balaban J connectivity index is 2.22. The summed E-state index contributed by atoms with van der Waals surface area (Å²) in [7, 11) is 0. The monoisotopic (exact) mass is 302 g/mol. The van der Waals surface area contributed by atoms with Crippen LogP contribution in [0.5, 0.6) is 0 Å². The van der Waals surface area contributed by atoms with Crippen molar-refractivity contribution in [3.63, 3.8) is 0 Å². The third-order valence-corrected chi connectivity index (χ3v) is 4.73. The van der Waals surface area contributed by atoms with Crippen molar-refractivity contribution in [1.82, 2.24) is 5.32 Å². The van der Waals surface area contributed by atoms with Gasteiger partial charge in [0, 0.05) is 21.0 Å². The number of thiophene rings is 1. The van der Waals surface area contributed by atoms with Crippen LogP contribution < -0.4 is 11.1 Å². The lowest BCUT2D eigenvalue weighted by Gasteiger charge is -2.16. The van der Waals surface area contributed by atoms with Crippen molar-refractivity contribution >= 4 is 22.9 Å². The molecule has 0 saturated heterocycles. The van der Waals surface area contributed by atoms with Crippen LogP contribution in [0.15, 0.2) is 18.2 Å². The second-order valence-corrected chi connectivity index (χ2v) is 7.05. The molecule has 21 heavy (non-hydrogen) atoms. The molecule has 0 fully saturated rings. The molecular weight excluding hydrogens is 280 g/mol. The zero-order valence-electron chi connectivity index (χ0n) is 13.2. The highest BCUT2D eigenvalue weighted by Crippen LogP contribution is 2.26. The van der Waals surface area contributed by atoms with Gasteiger partial charge in [0.1, 0.15) is 0 Å². The van der Waals surface area contributed by atoms with E-state index < -0.39 is 0 Å². The molecule has 0 radical (unpaired) electrons. The minimum atomic E-state index is -0.0741. The van der Waals surface area contributed by atoms with Crippen LogP contribution in [0.4, 0.5) is 5.69 Å². The molecule has 0 aliphatic carbocycles. The lowest BCUT2D eigenvalue weighted by molar-refractivity contribution is 0.0939. The summed E-state index contributed by atoms with van der Waals surface area (Å²) < 4.78 is 0. The van der Waals surface area contributed by atoms with Crippen LogP contribution >= 0.6 is 11.3 Å². The number of aryl methyl sites for hydroxylation is 4. The summed E-state index contributed by atoms with van der Waals surface area (Å²) in [6.45, 7) is 10.1. The van der Waals surface area contributed by atoms with Gasteiger partial charge in [-0.1, -0.05) is 6.07 Å². The molecule has 1 unspecified atom stereocenters. The number of nitrogens with one attached hydrogen (secondary N) is 1. The molecule has 1 aromatic carbocycles. The quantitative estimate of drug-likeness (QED) is 0.840. The van der Waals surface area contributed by atoms with Gasteiger partial charge in [0.25, 0.3) is 5.91 Å². The number of nitrogen functional groups attached to an aromatic ring is 1. The van der Waals surface area contributed by atoms with E-state index in [0.29, 0.717) is 11.3 Å². The van der Waals surface area contributed by atoms with Gasteiger partial charge in [-0.25, -0.2) is 0 Å². The number of rotatable bonds is 3. The number of nitrogens with two attached hydrogens (primary N) is 1. The standard InChI is InChI=1S/C17H22N2OS/c1-9-6-10(2)16(18)8-14(9)17(20)19-12(4)15-7-11(3)21-13(15)5/h6-8,12H,18H2,1-5H3,(H,19,20). The molecule has 2 aromatic rings. The Morgan fingerprint density at radius 3 is 2.38 bits per heavy atom. The maximum Gasteiger partial charge on any atom is 0.252 e. The second kappa shape index (κ2) is 5.90. The molecule has 0 spiro atoms. The number of hydrogen-bond acceptors (Lipinski definition) is 3. The molecule has 3 nitrogen and oxygen atoms in total. The van der Waals surface area contributed by atoms with Crippen molar-refractivity contribution in [3.05, 3.63) is 50.2 Å². The van der Waals surface area contributed by atoms with Crippen LogP contribution in [0, 0.1) is 27.7 Å². The summed E-state index contributed by atoms with van der Waals surface area (Å²) in [4.78, 5) is 15.0. The van der Waals surface area contributed by atoms with E-state index in [1.807, 2.05) is 26.8 Å². The topological polar surface area (TPSA) is 55.1 Å². The molecular formula is C17H22N2OS. The fraction of sp³-hybridized carbons (Fsp3) is 0.353. The molecule has 4 heteroatoms. The highest BCUT2D eigenvalue weighted by Gasteiger charge is 2.17. The van der Waals surface area contributed by atoms with Crippen LogP contribution in [0.1, 0.15) is 49.8 Å². The normalized spacial score (nSPS) is 12.2. The number of carbonyl (C=O) groups is 1. The fourth-order valence-corrected chi connectivity index (χ4v) is 3.57. The number of amides is 1. The minimum Gasteiger partial charge on any atom is -0.398 e. The van der Waals surface area contributed by atoms with Crippen molar-refractivity contribution in [2.24, 2.45) is 0 Å². The van der Waals surface area contributed by atoms with Gasteiger partial charge >= 0.3 is 0 Å². The summed E-state index contributed by atoms with van der Waals surface area (Å²) >= 11 is 1.76. The van der Waals surface area contributed by atoms with Crippen molar-refractivity contribution in [2.45, 2.75) is 40.7 Å². The molecule has 0 saturated carbocycles. The zero-order chi connectivity index (χ0) is 15.7. The van der Waals surface area contributed by atoms with E-state index in [9.17, 15) is 4.79 Å². The summed E-state index contributed by atoms with van der Waals surface area (Å²) in [6, 6.07) is 5.85. The molecule has 1 amide bonds. The maximum atomic E-state index is 12.5. The number of anilines is 1. The lowest BCUT2D eigenvalue weighted by atomic mass is 10.0. The van der Waals surface area contributed by atoms with Crippen LogP contribution in [0.25, 0.3) is 0 Å². The molecule has 0 aliphatic rings. The van der Waals surface area contributed by atoms with E-state index in [0.717, 1.165) is 11.1 Å². The van der Waals surface area contributed by atoms with Gasteiger partial charge in [0.2, 0.25) is 0 Å². The molecule has 3 N–H and O–H groups in total. The highest BCUT2D eigenvalue weighted by atomic mass is 32.1. The van der Waals surface area contributed by atoms with Crippen molar-refractivity contribution in [3.8, 4) is 0 Å². The van der Waals surface area contributed by atoms with Crippen LogP contribution in [0.3, 0.4) is 0 Å². The SMILES string of the molecule is Cc1cc(C(C)NC(=O)c2cc(N)c(C)cc2C)c(C)s1. The predicted molar refractivity (Wildman–Crippen MR) is 90.0 cm³/mol. The molecule has 1 heterocycles. The van der Waals surface area contributed by atoms with E-state index in [4.69, 9.17) is 5.73 Å². The second-order valence-electron chi connectivity index (χ2n) is 5.59. The number of carbonyl (C=O) groups excluding carboxylic acids is 1. The summed E-state index contributed by atoms with van der Waals surface area (Å²) in [6.07, 6.45) is 0. The first-order chi connectivity index (χ1) is 9.79. The fourth-order valence-electron chi connectivity index (χ4n) is 2.55. The molecule has 0 aliphatic heterocycles. The Kier molecular flexibility index (Phi) is 4.37. The van der Waals surface area contributed by atoms with Gasteiger partial charge in [-0.2, -0.15) is 0 Å². The van der Waals surface area contributed by atoms with Gasteiger partial charge in [-0.15, -0.1) is 11.3 Å². The summed E-state index contributed by atoms with van der Waals surface area (Å²) in [5.74, 6) is -0.0741. The first-order valence-corrected chi connectivity index (χ1v) is 7.85. The van der Waals surface area contributed by atoms with Gasteiger partial charge in [-0.05, 0) is 63.4 Å². The minimum absolute atomic E-state index is 0.00984. The number of hydrogen-bond donors (Lipinski definition) is 2. The van der Waals surface area contributed by atoms with Crippen molar-refractivity contribution in [2.75, 3.05) is 5.73 Å². The average Bonchev–Trinajstić information content (AvgIpc) is 2.72. The molecule has 1 aromatic heterocycles. The van der Waals surface area contributed by atoms with E-state index in [2.05, 4.69) is 25.2 Å². The van der Waals surface area contributed by atoms with Crippen LogP contribution in [-0.4, -0.2) is 5.91 Å². The van der Waals surface area contributed by atoms with Gasteiger partial charge in [0.15, 0.2) is 0 Å². The Hall–Kier alpha value is -1.81. The Morgan fingerprint density at radius 2 is 1.81 bits per heavy atom. The zero-order valence-corrected chi connectivity index (χ0v) is 14.0. The summed E-state index contributed by atoms with van der Waals surface area (Å²) in [5.41, 5.74) is 10.4. The Morgan fingerprint density at radius 1 is 1.14 bits per heavy atom. The first kappa shape index (κ1) is 15.6. The van der Waals surface area contributed by atoms with E-state index in [1.54, 1.807) is 17.4 Å². The molecule has 2 rings (SSSR count). The third kappa shape index (κ3) is 3.27. The Labute approximate surface area is 130 Å². The van der Waals surface area contributed by atoms with Gasteiger partial charge < -0.3 is 11.1 Å². The van der Waals surface area contributed by atoms with Gasteiger partial charge in [0.05, 0.1) is 6.04 Å². The largest absolute Gasteiger partial charge is 0.398 e. The van der Waals surface area contributed by atoms with Crippen LogP contribution in [-0.2, 0) is 0 Å². The highest BCUT2D eigenvalue weighted by molar-refractivity contribution is 7.12. The first-order valence-electron chi connectivity index (χ1n) is 7.04. The maximum absolute atomic E-state index is 12.5. The predicted octanol–water partition coefficient (Wildman–Crippen LogP) is 4.05. The molecule has 112 valence electrons. The number of benzene rings is 1. The van der Waals surface area contributed by atoms with E-state index in [-0.39, 0.29) is 11.9 Å². The van der Waals surface area contributed by atoms with E-state index >= 15 is 0 Å². The molecule has 0 bridgehead atoms. The Bertz CT molecular complexity index is 688. The molecule has 1 atom stereocenters. The van der Waals surface area contributed by atoms with Crippen molar-refractivity contribution in [1.29, 1.82) is 0 Å².